The molecule has 5 amide bonds. The molecule has 15 nitrogen and oxygen atoms in total. The predicted molar refractivity (Wildman–Crippen MR) is 181 cm³/mol. The number of allylic oxidation sites excluding steroid dienone is 1. The first kappa shape index (κ1) is 35.2. The monoisotopic (exact) mass is 726 g/mol. The fourth-order valence-corrected chi connectivity index (χ4v) is 9.11. The van der Waals surface area contributed by atoms with Gasteiger partial charge in [0.15, 0.2) is 0 Å². The van der Waals surface area contributed by atoms with Gasteiger partial charge in [0.1, 0.15) is 29.8 Å². The standard InChI is InChI=1S/C35H46N6O9S/c42-30-29-16-26(50-34(46)40-19-22-14-15-36-18-23(22)20-40)21-41(29)31(43)28(37-33(45)49-25-9-6-7-10-25)11-5-3-1-2-4-8-24-17-35(24,38-30)32(44)39-51(47,48)27-12-13-27/h4,8,14-15,18,24-29H,1-3,5-7,9-13,16-17,19-21H2,(H,37,45)(H,38,42)(H,39,44)/t24-,26-,28+,29+,35-/m1/s1. The molecule has 6 aliphatic rings. The molecule has 51 heavy (non-hydrogen) atoms. The van der Waals surface area contributed by atoms with Gasteiger partial charge in [0.25, 0.3) is 5.91 Å². The molecule has 3 N–H and O–H groups in total. The third kappa shape index (κ3) is 7.85. The number of amides is 5. The van der Waals surface area contributed by atoms with Crippen LogP contribution in [0.1, 0.15) is 94.6 Å². The van der Waals surface area contributed by atoms with E-state index in [2.05, 4.69) is 20.3 Å². The first-order chi connectivity index (χ1) is 24.5. The van der Waals surface area contributed by atoms with Crippen molar-refractivity contribution in [1.82, 2.24) is 30.1 Å². The van der Waals surface area contributed by atoms with Crippen molar-refractivity contribution in [2.45, 2.75) is 132 Å². The Labute approximate surface area is 297 Å². The normalized spacial score (nSPS) is 29.9. The molecule has 4 heterocycles. The van der Waals surface area contributed by atoms with E-state index in [-0.39, 0.29) is 25.5 Å². The number of carbonyl (C=O) groups excluding carboxylic acids is 5. The van der Waals surface area contributed by atoms with E-state index in [4.69, 9.17) is 9.47 Å². The highest BCUT2D eigenvalue weighted by molar-refractivity contribution is 7.91. The van der Waals surface area contributed by atoms with Crippen LogP contribution >= 0.6 is 0 Å². The highest BCUT2D eigenvalue weighted by Crippen LogP contribution is 2.46. The molecule has 1 aromatic heterocycles. The van der Waals surface area contributed by atoms with E-state index < -0.39 is 74.8 Å². The van der Waals surface area contributed by atoms with E-state index >= 15 is 0 Å². The molecule has 1 saturated heterocycles. The SMILES string of the molecule is O=C(N[C@H]1CCCCCC=C[C@@H]2C[C@@]2(C(=O)NS(=O)(=O)C2CC2)NC(=O)[C@@H]2C[C@@H](OC(=O)N3Cc4ccncc4C3)CN2C1=O)OC1CCCC1. The largest absolute Gasteiger partial charge is 0.446 e. The van der Waals surface area contributed by atoms with Crippen LogP contribution in [0, 0.1) is 5.92 Å². The van der Waals surface area contributed by atoms with Crippen molar-refractivity contribution in [2.24, 2.45) is 5.92 Å². The number of ether oxygens (including phenoxy) is 2. The van der Waals surface area contributed by atoms with E-state index in [1.54, 1.807) is 12.4 Å². The number of hydrogen-bond donors (Lipinski definition) is 3. The molecule has 16 heteroatoms. The number of rotatable bonds is 6. The zero-order valence-corrected chi connectivity index (χ0v) is 29.4. The molecular formula is C35H46N6O9S. The zero-order valence-electron chi connectivity index (χ0n) is 28.6. The van der Waals surface area contributed by atoms with Gasteiger partial charge >= 0.3 is 12.2 Å². The molecule has 0 aromatic carbocycles. The van der Waals surface area contributed by atoms with Crippen LogP contribution in [0.2, 0.25) is 0 Å². The van der Waals surface area contributed by atoms with Crippen LogP contribution in [-0.4, -0.2) is 94.7 Å². The van der Waals surface area contributed by atoms with Crippen LogP contribution in [0.15, 0.2) is 30.6 Å². The number of nitrogens with one attached hydrogen (secondary N) is 3. The maximum absolute atomic E-state index is 14.3. The Kier molecular flexibility index (Phi) is 9.96. The van der Waals surface area contributed by atoms with E-state index in [0.717, 1.165) is 49.7 Å². The number of alkyl carbamates (subject to hydrolysis) is 1. The van der Waals surface area contributed by atoms with Gasteiger partial charge in [0.2, 0.25) is 21.8 Å². The molecular weight excluding hydrogens is 680 g/mol. The molecule has 0 radical (unpaired) electrons. The molecule has 7 rings (SSSR count). The lowest BCUT2D eigenvalue weighted by Crippen LogP contribution is -2.58. The number of aromatic nitrogens is 1. The lowest BCUT2D eigenvalue weighted by molar-refractivity contribution is -0.141. The van der Waals surface area contributed by atoms with E-state index in [0.29, 0.717) is 45.2 Å². The highest BCUT2D eigenvalue weighted by Gasteiger charge is 2.62. The second-order valence-corrected chi connectivity index (χ2v) is 16.7. The summed E-state index contributed by atoms with van der Waals surface area (Å²) in [5.41, 5.74) is 0.341. The van der Waals surface area contributed by atoms with E-state index in [1.807, 2.05) is 18.2 Å². The molecule has 5 atom stereocenters. The third-order valence-corrected chi connectivity index (χ3v) is 12.8. The zero-order chi connectivity index (χ0) is 35.8. The van der Waals surface area contributed by atoms with Crippen LogP contribution in [0.3, 0.4) is 0 Å². The quantitative estimate of drug-likeness (QED) is 0.367. The van der Waals surface area contributed by atoms with Crippen molar-refractivity contribution < 1.29 is 41.9 Å². The van der Waals surface area contributed by atoms with Crippen molar-refractivity contribution in [3.05, 3.63) is 41.7 Å². The highest BCUT2D eigenvalue weighted by atomic mass is 32.2. The van der Waals surface area contributed by atoms with Crippen LogP contribution in [0.25, 0.3) is 0 Å². The minimum Gasteiger partial charge on any atom is -0.446 e. The molecule has 4 fully saturated rings. The second-order valence-electron chi connectivity index (χ2n) is 14.8. The van der Waals surface area contributed by atoms with Crippen LogP contribution in [0.5, 0.6) is 0 Å². The Morgan fingerprint density at radius 2 is 1.71 bits per heavy atom. The number of carbonyl (C=O) groups is 5. The van der Waals surface area contributed by atoms with Crippen LogP contribution in [0.4, 0.5) is 9.59 Å². The van der Waals surface area contributed by atoms with Gasteiger partial charge < -0.3 is 25.0 Å². The summed E-state index contributed by atoms with van der Waals surface area (Å²) in [7, 11) is -3.89. The summed E-state index contributed by atoms with van der Waals surface area (Å²) in [5.74, 6) is -2.44. The lowest BCUT2D eigenvalue weighted by Gasteiger charge is -2.30. The Hall–Kier alpha value is -4.21. The Bertz CT molecular complexity index is 1670. The fourth-order valence-electron chi connectivity index (χ4n) is 7.75. The van der Waals surface area contributed by atoms with Gasteiger partial charge in [0.05, 0.1) is 18.3 Å². The average molecular weight is 727 g/mol. The first-order valence-corrected chi connectivity index (χ1v) is 19.8. The van der Waals surface area contributed by atoms with Crippen molar-refractivity contribution in [2.75, 3.05) is 6.54 Å². The molecule has 3 aliphatic carbocycles. The van der Waals surface area contributed by atoms with Crippen molar-refractivity contribution in [3.63, 3.8) is 0 Å². The summed E-state index contributed by atoms with van der Waals surface area (Å²) in [4.78, 5) is 75.5. The minimum absolute atomic E-state index is 0.0521. The van der Waals surface area contributed by atoms with Gasteiger partial charge in [-0.25, -0.2) is 18.0 Å². The predicted octanol–water partition coefficient (Wildman–Crippen LogP) is 2.54. The summed E-state index contributed by atoms with van der Waals surface area (Å²) in [6.45, 7) is 0.535. The van der Waals surface area contributed by atoms with E-state index in [1.165, 1.54) is 9.80 Å². The lowest BCUT2D eigenvalue weighted by atomic mass is 10.0. The molecule has 0 unspecified atom stereocenters. The van der Waals surface area contributed by atoms with Gasteiger partial charge in [0, 0.05) is 31.3 Å². The third-order valence-electron chi connectivity index (χ3n) is 11.0. The van der Waals surface area contributed by atoms with Crippen LogP contribution in [-0.2, 0) is 47.0 Å². The smallest absolute Gasteiger partial charge is 0.410 e. The molecule has 3 saturated carbocycles. The first-order valence-electron chi connectivity index (χ1n) is 18.2. The maximum atomic E-state index is 14.3. The van der Waals surface area contributed by atoms with Crippen molar-refractivity contribution >= 4 is 39.9 Å². The topological polar surface area (TPSA) is 193 Å². The number of nitrogens with zero attached hydrogens (tertiary/aromatic N) is 3. The number of fused-ring (bicyclic) bond motifs is 3. The Balaban J connectivity index is 1.12. The van der Waals surface area contributed by atoms with Gasteiger partial charge in [-0.3, -0.25) is 29.0 Å². The summed E-state index contributed by atoms with van der Waals surface area (Å²) in [6.07, 6.45) is 12.5. The summed E-state index contributed by atoms with van der Waals surface area (Å²) >= 11 is 0. The minimum atomic E-state index is -3.89. The Morgan fingerprint density at radius 1 is 0.941 bits per heavy atom. The van der Waals surface area contributed by atoms with Gasteiger partial charge in [-0.15, -0.1) is 0 Å². The number of hydrogen-bond acceptors (Lipinski definition) is 10. The number of sulfonamides is 1. The molecule has 0 spiro atoms. The molecule has 1 aromatic rings. The van der Waals surface area contributed by atoms with Gasteiger partial charge in [-0.05, 0) is 81.4 Å². The van der Waals surface area contributed by atoms with E-state index in [9.17, 15) is 32.4 Å². The second kappa shape index (κ2) is 14.4. The number of pyridine rings is 1. The van der Waals surface area contributed by atoms with Gasteiger partial charge in [-0.2, -0.15) is 0 Å². The maximum Gasteiger partial charge on any atom is 0.410 e. The van der Waals surface area contributed by atoms with Crippen molar-refractivity contribution in [1.29, 1.82) is 0 Å². The molecule has 276 valence electrons. The molecule has 0 bridgehead atoms. The summed E-state index contributed by atoms with van der Waals surface area (Å²) < 4.78 is 39.2. The Morgan fingerprint density at radius 3 is 2.47 bits per heavy atom. The summed E-state index contributed by atoms with van der Waals surface area (Å²) in [6, 6.07) is -0.324. The van der Waals surface area contributed by atoms with Crippen molar-refractivity contribution in [3.8, 4) is 0 Å². The molecule has 3 aliphatic heterocycles. The summed E-state index contributed by atoms with van der Waals surface area (Å²) in [5, 5.41) is 4.95. The van der Waals surface area contributed by atoms with Crippen LogP contribution < -0.4 is 15.4 Å². The van der Waals surface area contributed by atoms with Gasteiger partial charge in [-0.1, -0.05) is 25.0 Å². The average Bonchev–Trinajstić information content (AvgIpc) is 3.88. The fraction of sp³-hybridized carbons (Fsp3) is 0.657.